The molecule has 0 saturated carbocycles. The summed E-state index contributed by atoms with van der Waals surface area (Å²) in [6.45, 7) is -0.0205. The molecule has 0 radical (unpaired) electrons. The van der Waals surface area contributed by atoms with Gasteiger partial charge < -0.3 is 14.7 Å². The van der Waals surface area contributed by atoms with Gasteiger partial charge in [-0.3, -0.25) is 0 Å². The second-order valence-electron chi connectivity index (χ2n) is 3.32. The maximum Gasteiger partial charge on any atom is 0.573 e. The molecule has 1 aromatic carbocycles. The van der Waals surface area contributed by atoms with E-state index < -0.39 is 28.0 Å². The first-order chi connectivity index (χ1) is 8.11. The molecule has 2 N–H and O–H groups in total. The third-order valence-corrected chi connectivity index (χ3v) is 2.19. The smallest absolute Gasteiger partial charge is 0.402 e. The van der Waals surface area contributed by atoms with Crippen LogP contribution >= 0.6 is 12.4 Å². The number of nitrogens with two attached hydrogens (primary N) is 1. The lowest BCUT2D eigenvalue weighted by Gasteiger charge is -2.13. The Morgan fingerprint density at radius 3 is 2.26 bits per heavy atom. The van der Waals surface area contributed by atoms with Gasteiger partial charge in [-0.25, -0.2) is 0 Å². The van der Waals surface area contributed by atoms with E-state index in [0.29, 0.717) is 11.8 Å². The SMILES string of the molecule is CS(=O)(=O)Oc1ccc(CN)cc1OC(F)(F)F.Cl. The van der Waals surface area contributed by atoms with E-state index in [9.17, 15) is 21.6 Å². The lowest BCUT2D eigenvalue weighted by Crippen LogP contribution is -2.18. The highest BCUT2D eigenvalue weighted by Crippen LogP contribution is 2.33. The van der Waals surface area contributed by atoms with Crippen molar-refractivity contribution in [1.29, 1.82) is 0 Å². The Bertz CT molecular complexity index is 533. The van der Waals surface area contributed by atoms with E-state index in [4.69, 9.17) is 5.73 Å². The second-order valence-corrected chi connectivity index (χ2v) is 4.90. The Kier molecular flexibility index (Phi) is 5.91. The lowest BCUT2D eigenvalue weighted by molar-refractivity contribution is -0.275. The first kappa shape index (κ1) is 17.8. The summed E-state index contributed by atoms with van der Waals surface area (Å²) in [5.41, 5.74) is 5.61. The third kappa shape index (κ3) is 6.50. The monoisotopic (exact) mass is 321 g/mol. The van der Waals surface area contributed by atoms with Crippen molar-refractivity contribution in [1.82, 2.24) is 0 Å². The van der Waals surface area contributed by atoms with Crippen LogP contribution in [-0.2, 0) is 16.7 Å². The van der Waals surface area contributed by atoms with Crippen LogP contribution in [0.2, 0.25) is 0 Å². The van der Waals surface area contributed by atoms with Gasteiger partial charge in [0.1, 0.15) is 0 Å². The molecule has 19 heavy (non-hydrogen) atoms. The molecule has 0 saturated heterocycles. The first-order valence-electron chi connectivity index (χ1n) is 4.59. The molecule has 0 aromatic heterocycles. The molecule has 0 unspecified atom stereocenters. The minimum absolute atomic E-state index is 0. The molecular formula is C9H11ClF3NO4S. The van der Waals surface area contributed by atoms with Crippen LogP contribution in [0.5, 0.6) is 11.5 Å². The zero-order chi connectivity index (χ0) is 14.0. The van der Waals surface area contributed by atoms with Crippen molar-refractivity contribution in [3.63, 3.8) is 0 Å². The quantitative estimate of drug-likeness (QED) is 0.856. The van der Waals surface area contributed by atoms with E-state index in [0.717, 1.165) is 12.1 Å². The fraction of sp³-hybridized carbons (Fsp3) is 0.333. The number of benzene rings is 1. The van der Waals surface area contributed by atoms with Crippen LogP contribution in [0.4, 0.5) is 13.2 Å². The summed E-state index contributed by atoms with van der Waals surface area (Å²) in [5, 5.41) is 0. The zero-order valence-electron chi connectivity index (χ0n) is 9.60. The molecule has 0 spiro atoms. The molecule has 110 valence electrons. The fourth-order valence-electron chi connectivity index (χ4n) is 1.12. The topological polar surface area (TPSA) is 78.6 Å². The number of halogens is 4. The van der Waals surface area contributed by atoms with Gasteiger partial charge in [0.2, 0.25) is 0 Å². The largest absolute Gasteiger partial charge is 0.573 e. The molecule has 0 bridgehead atoms. The van der Waals surface area contributed by atoms with Crippen LogP contribution in [0.25, 0.3) is 0 Å². The Labute approximate surface area is 114 Å². The van der Waals surface area contributed by atoms with Gasteiger partial charge >= 0.3 is 16.5 Å². The average Bonchev–Trinajstić information content (AvgIpc) is 2.16. The molecule has 0 heterocycles. The molecule has 0 fully saturated rings. The van der Waals surface area contributed by atoms with Gasteiger partial charge in [-0.2, -0.15) is 8.42 Å². The highest BCUT2D eigenvalue weighted by Gasteiger charge is 2.33. The molecule has 0 amide bonds. The summed E-state index contributed by atoms with van der Waals surface area (Å²) in [7, 11) is -3.95. The summed E-state index contributed by atoms with van der Waals surface area (Å²) in [6.07, 6.45) is -4.25. The number of rotatable bonds is 4. The van der Waals surface area contributed by atoms with Gasteiger partial charge in [-0.1, -0.05) is 6.07 Å². The molecule has 0 aliphatic carbocycles. The number of alkyl halides is 3. The van der Waals surface area contributed by atoms with Gasteiger partial charge in [0, 0.05) is 6.54 Å². The average molecular weight is 322 g/mol. The van der Waals surface area contributed by atoms with Gasteiger partial charge in [-0.15, -0.1) is 25.6 Å². The van der Waals surface area contributed by atoms with Crippen molar-refractivity contribution < 1.29 is 30.5 Å². The molecule has 0 aliphatic heterocycles. The maximum atomic E-state index is 12.1. The van der Waals surface area contributed by atoms with Crippen LogP contribution < -0.4 is 14.7 Å². The normalized spacial score (nSPS) is 11.6. The fourth-order valence-corrected chi connectivity index (χ4v) is 1.58. The van der Waals surface area contributed by atoms with Crippen molar-refractivity contribution in [2.75, 3.05) is 6.26 Å². The van der Waals surface area contributed by atoms with Crippen molar-refractivity contribution >= 4 is 22.5 Å². The molecule has 5 nitrogen and oxygen atoms in total. The summed E-state index contributed by atoms with van der Waals surface area (Å²) < 4.78 is 66.2. The van der Waals surface area contributed by atoms with E-state index in [1.54, 1.807) is 0 Å². The maximum absolute atomic E-state index is 12.1. The predicted molar refractivity (Wildman–Crippen MR) is 63.7 cm³/mol. The van der Waals surface area contributed by atoms with Crippen LogP contribution in [0.1, 0.15) is 5.56 Å². The predicted octanol–water partition coefficient (Wildman–Crippen LogP) is 1.80. The summed E-state index contributed by atoms with van der Waals surface area (Å²) in [4.78, 5) is 0. The molecule has 1 aromatic rings. The van der Waals surface area contributed by atoms with Crippen molar-refractivity contribution in [3.8, 4) is 11.5 Å². The van der Waals surface area contributed by atoms with Gasteiger partial charge in [0.15, 0.2) is 11.5 Å². The number of hydrogen-bond donors (Lipinski definition) is 1. The Hall–Kier alpha value is -1.19. The standard InChI is InChI=1S/C9H10F3NO4S.ClH/c1-18(14,15)17-7-3-2-6(5-13)4-8(7)16-9(10,11)12;/h2-4H,5,13H2,1H3;1H. The van der Waals surface area contributed by atoms with E-state index in [1.807, 2.05) is 0 Å². The van der Waals surface area contributed by atoms with Crippen LogP contribution in [0.15, 0.2) is 18.2 Å². The van der Waals surface area contributed by atoms with Crippen LogP contribution in [0.3, 0.4) is 0 Å². The van der Waals surface area contributed by atoms with Gasteiger partial charge in [0.05, 0.1) is 6.26 Å². The minimum Gasteiger partial charge on any atom is -0.402 e. The van der Waals surface area contributed by atoms with E-state index in [2.05, 4.69) is 8.92 Å². The Morgan fingerprint density at radius 2 is 1.84 bits per heavy atom. The molecule has 0 atom stereocenters. The van der Waals surface area contributed by atoms with Crippen molar-refractivity contribution in [2.24, 2.45) is 5.73 Å². The highest BCUT2D eigenvalue weighted by molar-refractivity contribution is 7.86. The third-order valence-electron chi connectivity index (χ3n) is 1.71. The summed E-state index contributed by atoms with van der Waals surface area (Å²) >= 11 is 0. The van der Waals surface area contributed by atoms with E-state index in [-0.39, 0.29) is 19.0 Å². The molecular weight excluding hydrogens is 311 g/mol. The van der Waals surface area contributed by atoms with Gasteiger partial charge in [0.25, 0.3) is 0 Å². The number of ether oxygens (including phenoxy) is 1. The minimum atomic E-state index is -4.96. The highest BCUT2D eigenvalue weighted by atomic mass is 35.5. The number of hydrogen-bond acceptors (Lipinski definition) is 5. The molecule has 1 rings (SSSR count). The van der Waals surface area contributed by atoms with Crippen molar-refractivity contribution in [3.05, 3.63) is 23.8 Å². The molecule has 10 heteroatoms. The van der Waals surface area contributed by atoms with Crippen LogP contribution in [0, 0.1) is 0 Å². The second kappa shape index (κ2) is 6.31. The van der Waals surface area contributed by atoms with E-state index in [1.165, 1.54) is 6.07 Å². The Balaban J connectivity index is 0.00000324. The van der Waals surface area contributed by atoms with Crippen LogP contribution in [-0.4, -0.2) is 21.0 Å². The first-order valence-corrected chi connectivity index (χ1v) is 6.40. The van der Waals surface area contributed by atoms with Gasteiger partial charge in [-0.05, 0) is 17.7 Å². The Morgan fingerprint density at radius 1 is 1.26 bits per heavy atom. The van der Waals surface area contributed by atoms with E-state index >= 15 is 0 Å². The molecule has 0 aliphatic rings. The summed E-state index contributed by atoms with van der Waals surface area (Å²) in [6, 6.07) is 3.35. The zero-order valence-corrected chi connectivity index (χ0v) is 11.2. The van der Waals surface area contributed by atoms with Crippen molar-refractivity contribution in [2.45, 2.75) is 12.9 Å². The summed E-state index contributed by atoms with van der Waals surface area (Å²) in [5.74, 6) is -1.30. The lowest BCUT2D eigenvalue weighted by atomic mass is 10.2.